The Labute approximate surface area is 183 Å². The van der Waals surface area contributed by atoms with Gasteiger partial charge in [0.15, 0.2) is 16.6 Å². The summed E-state index contributed by atoms with van der Waals surface area (Å²) in [5.74, 6) is 0.933. The van der Waals surface area contributed by atoms with Crippen molar-refractivity contribution in [3.8, 4) is 22.8 Å². The van der Waals surface area contributed by atoms with Crippen molar-refractivity contribution in [2.45, 2.75) is 13.8 Å². The zero-order valence-corrected chi connectivity index (χ0v) is 17.8. The van der Waals surface area contributed by atoms with E-state index in [1.54, 1.807) is 29.7 Å². The van der Waals surface area contributed by atoms with E-state index in [0.29, 0.717) is 41.1 Å². The molecule has 0 saturated carbocycles. The molecule has 9 heteroatoms. The van der Waals surface area contributed by atoms with E-state index < -0.39 is 4.92 Å². The molecule has 0 fully saturated rings. The second kappa shape index (κ2) is 10.4. The van der Waals surface area contributed by atoms with E-state index in [1.165, 1.54) is 29.5 Å². The van der Waals surface area contributed by atoms with Crippen molar-refractivity contribution < 1.29 is 19.2 Å². The quantitative estimate of drug-likeness (QED) is 0.280. The fourth-order valence-corrected chi connectivity index (χ4v) is 3.46. The number of amides is 1. The zero-order valence-electron chi connectivity index (χ0n) is 17.0. The number of thiazole rings is 1. The van der Waals surface area contributed by atoms with E-state index in [4.69, 9.17) is 9.47 Å². The van der Waals surface area contributed by atoms with Gasteiger partial charge in [-0.15, -0.1) is 11.3 Å². The summed E-state index contributed by atoms with van der Waals surface area (Å²) in [7, 11) is 0. The van der Waals surface area contributed by atoms with E-state index in [-0.39, 0.29) is 11.6 Å². The first-order valence-corrected chi connectivity index (χ1v) is 10.5. The lowest BCUT2D eigenvalue weighted by atomic mass is 10.1. The van der Waals surface area contributed by atoms with Gasteiger partial charge in [-0.25, -0.2) is 4.98 Å². The molecule has 1 amide bonds. The molecule has 1 N–H and O–H groups in total. The molecule has 3 rings (SSSR count). The minimum atomic E-state index is -0.457. The third-order valence-corrected chi connectivity index (χ3v) is 4.84. The highest BCUT2D eigenvalue weighted by Gasteiger charge is 2.11. The van der Waals surface area contributed by atoms with E-state index in [0.717, 1.165) is 5.56 Å². The van der Waals surface area contributed by atoms with Gasteiger partial charge in [-0.1, -0.05) is 18.2 Å². The molecule has 1 aromatic heterocycles. The molecule has 0 spiro atoms. The number of hydrogen-bond acceptors (Lipinski definition) is 7. The van der Waals surface area contributed by atoms with Crippen LogP contribution in [0.2, 0.25) is 0 Å². The topological polar surface area (TPSA) is 104 Å². The molecule has 0 radical (unpaired) electrons. The first kappa shape index (κ1) is 22.0. The number of non-ortho nitro benzene ring substituents is 1. The number of nitrogens with zero attached hydrogens (tertiary/aromatic N) is 2. The smallest absolute Gasteiger partial charge is 0.270 e. The molecule has 2 aromatic carbocycles. The molecule has 0 aliphatic carbocycles. The van der Waals surface area contributed by atoms with Crippen molar-refractivity contribution in [3.05, 3.63) is 69.6 Å². The molecule has 0 aliphatic rings. The van der Waals surface area contributed by atoms with Gasteiger partial charge in [0.25, 0.3) is 5.69 Å². The van der Waals surface area contributed by atoms with Gasteiger partial charge in [0.1, 0.15) is 0 Å². The highest BCUT2D eigenvalue weighted by molar-refractivity contribution is 7.14. The van der Waals surface area contributed by atoms with Crippen LogP contribution in [-0.4, -0.2) is 29.0 Å². The maximum atomic E-state index is 12.3. The predicted octanol–water partition coefficient (Wildman–Crippen LogP) is 5.17. The maximum Gasteiger partial charge on any atom is 0.270 e. The molecule has 0 bridgehead atoms. The fourth-order valence-electron chi connectivity index (χ4n) is 2.73. The molecule has 3 aromatic rings. The highest BCUT2D eigenvalue weighted by atomic mass is 32.1. The number of nitro groups is 1. The minimum Gasteiger partial charge on any atom is -0.490 e. The largest absolute Gasteiger partial charge is 0.490 e. The molecule has 1 heterocycles. The lowest BCUT2D eigenvalue weighted by molar-refractivity contribution is -0.384. The molecule has 160 valence electrons. The molecular formula is C22H21N3O5S. The highest BCUT2D eigenvalue weighted by Crippen LogP contribution is 2.29. The van der Waals surface area contributed by atoms with Crippen LogP contribution in [-0.2, 0) is 4.79 Å². The number of benzene rings is 2. The van der Waals surface area contributed by atoms with Gasteiger partial charge in [0, 0.05) is 29.2 Å². The summed E-state index contributed by atoms with van der Waals surface area (Å²) >= 11 is 1.24. The average Bonchev–Trinajstić information content (AvgIpc) is 3.22. The van der Waals surface area contributed by atoms with Gasteiger partial charge < -0.3 is 9.47 Å². The van der Waals surface area contributed by atoms with Crippen molar-refractivity contribution in [2.75, 3.05) is 18.5 Å². The van der Waals surface area contributed by atoms with Gasteiger partial charge in [0.2, 0.25) is 5.91 Å². The molecule has 0 saturated heterocycles. The van der Waals surface area contributed by atoms with Crippen molar-refractivity contribution >= 4 is 34.1 Å². The third kappa shape index (κ3) is 5.89. The number of nitro benzene ring substituents is 1. The number of nitrogens with one attached hydrogen (secondary N) is 1. The van der Waals surface area contributed by atoms with Crippen molar-refractivity contribution in [3.63, 3.8) is 0 Å². The Kier molecular flexibility index (Phi) is 7.34. The normalized spacial score (nSPS) is 10.8. The Hall–Kier alpha value is -3.72. The van der Waals surface area contributed by atoms with Crippen LogP contribution in [0.4, 0.5) is 10.8 Å². The van der Waals surface area contributed by atoms with Crippen LogP contribution in [0, 0.1) is 10.1 Å². The molecule has 0 atom stereocenters. The molecular weight excluding hydrogens is 418 g/mol. The van der Waals surface area contributed by atoms with Crippen molar-refractivity contribution in [2.24, 2.45) is 0 Å². The lowest BCUT2D eigenvalue weighted by Gasteiger charge is -2.11. The Bertz CT molecular complexity index is 1110. The van der Waals surface area contributed by atoms with Crippen LogP contribution >= 0.6 is 11.3 Å². The number of carbonyl (C=O) groups is 1. The number of carbonyl (C=O) groups excluding carboxylic acids is 1. The standard InChI is InChI=1S/C22H21N3O5S/c1-3-29-19-10-8-15(12-20(19)30-4-2)9-11-21(26)24-22-23-18(14-31-22)16-6-5-7-17(13-16)25(27)28/h5-14H,3-4H2,1-2H3,(H,23,24,26). The average molecular weight is 439 g/mol. The minimum absolute atomic E-state index is 0.0132. The van der Waals surface area contributed by atoms with E-state index in [2.05, 4.69) is 10.3 Å². The summed E-state index contributed by atoms with van der Waals surface area (Å²) in [6.07, 6.45) is 3.07. The van der Waals surface area contributed by atoms with Gasteiger partial charge >= 0.3 is 0 Å². The van der Waals surface area contributed by atoms with Gasteiger partial charge in [-0.3, -0.25) is 20.2 Å². The Balaban J connectivity index is 1.67. The van der Waals surface area contributed by atoms with Crippen LogP contribution in [0.1, 0.15) is 19.4 Å². The third-order valence-electron chi connectivity index (χ3n) is 4.08. The van der Waals surface area contributed by atoms with Crippen LogP contribution in [0.25, 0.3) is 17.3 Å². The Morgan fingerprint density at radius 2 is 1.94 bits per heavy atom. The molecule has 31 heavy (non-hydrogen) atoms. The predicted molar refractivity (Wildman–Crippen MR) is 121 cm³/mol. The SMILES string of the molecule is CCOc1ccc(C=CC(=O)Nc2nc(-c3cccc([N+](=O)[O-])c3)cs2)cc1OCC. The lowest BCUT2D eigenvalue weighted by Crippen LogP contribution is -2.07. The van der Waals surface area contributed by atoms with Crippen molar-refractivity contribution in [1.29, 1.82) is 0 Å². The number of ether oxygens (including phenoxy) is 2. The Morgan fingerprint density at radius 3 is 2.68 bits per heavy atom. The molecule has 8 nitrogen and oxygen atoms in total. The van der Waals surface area contributed by atoms with Crippen LogP contribution in [0.15, 0.2) is 53.9 Å². The zero-order chi connectivity index (χ0) is 22.2. The van der Waals surface area contributed by atoms with Crippen molar-refractivity contribution in [1.82, 2.24) is 4.98 Å². The second-order valence-corrected chi connectivity index (χ2v) is 7.10. The number of hydrogen-bond donors (Lipinski definition) is 1. The summed E-state index contributed by atoms with van der Waals surface area (Å²) in [5, 5.41) is 15.8. The number of anilines is 1. The first-order chi connectivity index (χ1) is 15.0. The summed E-state index contributed by atoms with van der Waals surface area (Å²) in [6, 6.07) is 11.6. The summed E-state index contributed by atoms with van der Waals surface area (Å²) in [6.45, 7) is 4.83. The Morgan fingerprint density at radius 1 is 1.16 bits per heavy atom. The second-order valence-electron chi connectivity index (χ2n) is 6.24. The summed E-state index contributed by atoms with van der Waals surface area (Å²) < 4.78 is 11.1. The van der Waals surface area contributed by atoms with Crippen LogP contribution in [0.5, 0.6) is 11.5 Å². The van der Waals surface area contributed by atoms with Gasteiger partial charge in [0.05, 0.1) is 23.8 Å². The molecule has 0 aliphatic heterocycles. The van der Waals surface area contributed by atoms with E-state index >= 15 is 0 Å². The van der Waals surface area contributed by atoms with Gasteiger partial charge in [-0.05, 0) is 37.6 Å². The van der Waals surface area contributed by atoms with Gasteiger partial charge in [-0.2, -0.15) is 0 Å². The number of aromatic nitrogens is 1. The van der Waals surface area contributed by atoms with Crippen LogP contribution in [0.3, 0.4) is 0 Å². The maximum absolute atomic E-state index is 12.3. The van der Waals surface area contributed by atoms with E-state index in [1.807, 2.05) is 26.0 Å². The number of rotatable bonds is 9. The monoisotopic (exact) mass is 439 g/mol. The molecule has 0 unspecified atom stereocenters. The fraction of sp³-hybridized carbons (Fsp3) is 0.182. The first-order valence-electron chi connectivity index (χ1n) is 9.59. The van der Waals surface area contributed by atoms with E-state index in [9.17, 15) is 14.9 Å². The van der Waals surface area contributed by atoms with Crippen LogP contribution < -0.4 is 14.8 Å². The summed E-state index contributed by atoms with van der Waals surface area (Å²) in [4.78, 5) is 27.1. The summed E-state index contributed by atoms with van der Waals surface area (Å²) in [5.41, 5.74) is 1.94.